The van der Waals surface area contributed by atoms with Crippen LogP contribution in [0.4, 0.5) is 0 Å². The highest BCUT2D eigenvalue weighted by Gasteiger charge is 2.35. The maximum atomic E-state index is 11.1. The van der Waals surface area contributed by atoms with Crippen LogP contribution in [0, 0.1) is 5.41 Å². The van der Waals surface area contributed by atoms with Crippen molar-refractivity contribution < 1.29 is 5.11 Å². The van der Waals surface area contributed by atoms with Crippen molar-refractivity contribution in [2.45, 2.75) is 76.7 Å². The first kappa shape index (κ1) is 14.1. The van der Waals surface area contributed by atoms with E-state index in [4.69, 9.17) is 0 Å². The smallest absolute Gasteiger partial charge is 0.0896 e. The number of benzene rings is 1. The van der Waals surface area contributed by atoms with Gasteiger partial charge in [0, 0.05) is 0 Å². The monoisotopic (exact) mass is 272 g/mol. The molecule has 20 heavy (non-hydrogen) atoms. The molecule has 2 aliphatic rings. The summed E-state index contributed by atoms with van der Waals surface area (Å²) >= 11 is 0. The van der Waals surface area contributed by atoms with Crippen molar-refractivity contribution in [1.29, 1.82) is 0 Å². The van der Waals surface area contributed by atoms with Crippen LogP contribution in [-0.4, -0.2) is 5.11 Å². The van der Waals surface area contributed by atoms with Crippen molar-refractivity contribution in [3.05, 3.63) is 35.4 Å². The molecule has 0 saturated heterocycles. The minimum absolute atomic E-state index is 0.385. The van der Waals surface area contributed by atoms with Crippen LogP contribution < -0.4 is 0 Å². The summed E-state index contributed by atoms with van der Waals surface area (Å²) in [6, 6.07) is 8.89. The molecule has 1 heteroatoms. The zero-order valence-corrected chi connectivity index (χ0v) is 13.0. The molecular weight excluding hydrogens is 244 g/mol. The summed E-state index contributed by atoms with van der Waals surface area (Å²) in [5.74, 6) is 0.784. The van der Waals surface area contributed by atoms with E-state index in [1.807, 2.05) is 0 Å². The lowest BCUT2D eigenvalue weighted by molar-refractivity contribution is 0.0180. The zero-order valence-electron chi connectivity index (χ0n) is 13.0. The van der Waals surface area contributed by atoms with Gasteiger partial charge in [0.05, 0.1) is 5.60 Å². The minimum Gasteiger partial charge on any atom is -0.385 e. The number of hydrogen-bond donors (Lipinski definition) is 1. The van der Waals surface area contributed by atoms with E-state index in [9.17, 15) is 5.11 Å². The van der Waals surface area contributed by atoms with Gasteiger partial charge in [-0.25, -0.2) is 0 Å². The molecule has 110 valence electrons. The van der Waals surface area contributed by atoms with Crippen LogP contribution in [-0.2, 0) is 5.60 Å². The molecule has 1 aromatic carbocycles. The van der Waals surface area contributed by atoms with Crippen molar-refractivity contribution in [2.75, 3.05) is 0 Å². The van der Waals surface area contributed by atoms with Gasteiger partial charge >= 0.3 is 0 Å². The van der Waals surface area contributed by atoms with Gasteiger partial charge < -0.3 is 5.11 Å². The van der Waals surface area contributed by atoms with Crippen molar-refractivity contribution in [2.24, 2.45) is 5.41 Å². The van der Waals surface area contributed by atoms with E-state index in [2.05, 4.69) is 38.1 Å². The predicted octanol–water partition coefficient (Wildman–Crippen LogP) is 5.13. The van der Waals surface area contributed by atoms with Gasteiger partial charge in [-0.1, -0.05) is 44.5 Å². The molecule has 1 N–H and O–H groups in total. The lowest BCUT2D eigenvalue weighted by atomic mass is 9.78. The Labute approximate surface area is 123 Å². The Kier molecular flexibility index (Phi) is 3.66. The van der Waals surface area contributed by atoms with Crippen molar-refractivity contribution in [1.82, 2.24) is 0 Å². The first-order valence-corrected chi connectivity index (χ1v) is 8.31. The third-order valence-electron chi connectivity index (χ3n) is 5.68. The second-order valence-corrected chi connectivity index (χ2v) is 7.80. The average molecular weight is 272 g/mol. The molecule has 0 radical (unpaired) electrons. The zero-order chi connectivity index (χ0) is 14.2. The molecule has 0 aliphatic heterocycles. The average Bonchev–Trinajstić information content (AvgIpc) is 2.48. The molecule has 0 spiro atoms. The van der Waals surface area contributed by atoms with Gasteiger partial charge in [0.2, 0.25) is 0 Å². The molecule has 0 bridgehead atoms. The fourth-order valence-corrected chi connectivity index (χ4v) is 3.75. The Morgan fingerprint density at radius 2 is 1.60 bits per heavy atom. The first-order chi connectivity index (χ1) is 9.49. The molecule has 2 fully saturated rings. The van der Waals surface area contributed by atoms with Crippen LogP contribution >= 0.6 is 0 Å². The van der Waals surface area contributed by atoms with Crippen LogP contribution in [0.1, 0.15) is 82.3 Å². The topological polar surface area (TPSA) is 20.2 Å². The third kappa shape index (κ3) is 2.79. The standard InChI is InChI=1S/C19H28O/c1-18(2)11-4-12-19(20,14-13-18)17-9-7-16(8-10-17)15-5-3-6-15/h7-10,15,20H,3-6,11-14H2,1-2H3. The maximum absolute atomic E-state index is 11.1. The van der Waals surface area contributed by atoms with E-state index in [1.54, 1.807) is 0 Å². The minimum atomic E-state index is -0.591. The number of hydrogen-bond acceptors (Lipinski definition) is 1. The fourth-order valence-electron chi connectivity index (χ4n) is 3.75. The summed E-state index contributed by atoms with van der Waals surface area (Å²) in [5, 5.41) is 11.1. The summed E-state index contributed by atoms with van der Waals surface area (Å²) in [5.41, 5.74) is 2.40. The van der Waals surface area contributed by atoms with Gasteiger partial charge in [0.1, 0.15) is 0 Å². The molecule has 0 heterocycles. The second-order valence-electron chi connectivity index (χ2n) is 7.80. The summed E-state index contributed by atoms with van der Waals surface area (Å²) < 4.78 is 0. The van der Waals surface area contributed by atoms with Gasteiger partial charge in [-0.05, 0) is 67.4 Å². The maximum Gasteiger partial charge on any atom is 0.0896 e. The summed E-state index contributed by atoms with van der Waals surface area (Å²) in [4.78, 5) is 0. The van der Waals surface area contributed by atoms with Crippen LogP contribution in [0.2, 0.25) is 0 Å². The molecule has 3 rings (SSSR count). The van der Waals surface area contributed by atoms with E-state index in [0.717, 1.165) is 37.2 Å². The SMILES string of the molecule is CC1(C)CCCC(O)(c2ccc(C3CCC3)cc2)CC1. The lowest BCUT2D eigenvalue weighted by Crippen LogP contribution is -2.25. The highest BCUT2D eigenvalue weighted by molar-refractivity contribution is 5.30. The predicted molar refractivity (Wildman–Crippen MR) is 83.8 cm³/mol. The Hall–Kier alpha value is -0.820. The lowest BCUT2D eigenvalue weighted by Gasteiger charge is -2.30. The Morgan fingerprint density at radius 3 is 2.20 bits per heavy atom. The largest absolute Gasteiger partial charge is 0.385 e. The van der Waals surface area contributed by atoms with E-state index in [1.165, 1.54) is 31.2 Å². The third-order valence-corrected chi connectivity index (χ3v) is 5.68. The van der Waals surface area contributed by atoms with Gasteiger partial charge in [-0.2, -0.15) is 0 Å². The Bertz CT molecular complexity index is 455. The van der Waals surface area contributed by atoms with Crippen LogP contribution in [0.3, 0.4) is 0 Å². The summed E-state index contributed by atoms with van der Waals surface area (Å²) in [6.07, 6.45) is 9.38. The molecule has 1 aromatic rings. The number of aliphatic hydroxyl groups is 1. The first-order valence-electron chi connectivity index (χ1n) is 8.31. The molecule has 2 saturated carbocycles. The van der Waals surface area contributed by atoms with Gasteiger partial charge in [-0.3, -0.25) is 0 Å². The summed E-state index contributed by atoms with van der Waals surface area (Å²) in [6.45, 7) is 4.66. The van der Waals surface area contributed by atoms with Crippen molar-refractivity contribution in [3.8, 4) is 0 Å². The highest BCUT2D eigenvalue weighted by atomic mass is 16.3. The van der Waals surface area contributed by atoms with Crippen LogP contribution in [0.15, 0.2) is 24.3 Å². The van der Waals surface area contributed by atoms with Crippen molar-refractivity contribution in [3.63, 3.8) is 0 Å². The Morgan fingerprint density at radius 1 is 0.900 bits per heavy atom. The highest BCUT2D eigenvalue weighted by Crippen LogP contribution is 2.43. The van der Waals surface area contributed by atoms with Crippen LogP contribution in [0.25, 0.3) is 0 Å². The normalized spacial score (nSPS) is 30.6. The summed E-state index contributed by atoms with van der Waals surface area (Å²) in [7, 11) is 0. The molecule has 0 aromatic heterocycles. The molecule has 0 amide bonds. The van der Waals surface area contributed by atoms with E-state index in [-0.39, 0.29) is 0 Å². The van der Waals surface area contributed by atoms with Crippen LogP contribution in [0.5, 0.6) is 0 Å². The number of rotatable bonds is 2. The Balaban J connectivity index is 1.76. The molecule has 1 nitrogen and oxygen atoms in total. The fraction of sp³-hybridized carbons (Fsp3) is 0.684. The van der Waals surface area contributed by atoms with Gasteiger partial charge in [-0.15, -0.1) is 0 Å². The second kappa shape index (κ2) is 5.18. The van der Waals surface area contributed by atoms with E-state index in [0.29, 0.717) is 5.41 Å². The van der Waals surface area contributed by atoms with E-state index >= 15 is 0 Å². The molecule has 1 unspecified atom stereocenters. The molecular formula is C19H28O. The molecule has 1 atom stereocenters. The van der Waals surface area contributed by atoms with Crippen molar-refractivity contribution >= 4 is 0 Å². The van der Waals surface area contributed by atoms with Gasteiger partial charge in [0.15, 0.2) is 0 Å². The van der Waals surface area contributed by atoms with E-state index < -0.39 is 5.60 Å². The quantitative estimate of drug-likeness (QED) is 0.740. The van der Waals surface area contributed by atoms with Gasteiger partial charge in [0.25, 0.3) is 0 Å². The molecule has 2 aliphatic carbocycles.